The van der Waals surface area contributed by atoms with Crippen LogP contribution in [0.3, 0.4) is 0 Å². The fourth-order valence-corrected chi connectivity index (χ4v) is 2.58. The summed E-state index contributed by atoms with van der Waals surface area (Å²) in [6, 6.07) is 0.364. The van der Waals surface area contributed by atoms with E-state index in [0.717, 1.165) is 12.8 Å². The van der Waals surface area contributed by atoms with Crippen LogP contribution < -0.4 is 5.73 Å². The molecule has 1 saturated carbocycles. The van der Waals surface area contributed by atoms with Crippen molar-refractivity contribution in [1.29, 1.82) is 0 Å². The zero-order valence-electron chi connectivity index (χ0n) is 11.1. The molecule has 0 aliphatic heterocycles. The smallest absolute Gasteiger partial charge is 0.228 e. The molecule has 0 saturated heterocycles. The van der Waals surface area contributed by atoms with Crippen molar-refractivity contribution >= 4 is 5.91 Å². The molecule has 2 unspecified atom stereocenters. The molecule has 1 aliphatic carbocycles. The van der Waals surface area contributed by atoms with Crippen molar-refractivity contribution in [2.75, 3.05) is 13.6 Å². The molecule has 3 heteroatoms. The third-order valence-corrected chi connectivity index (χ3v) is 4.20. The summed E-state index contributed by atoms with van der Waals surface area (Å²) in [5, 5.41) is 0. The second-order valence-corrected chi connectivity index (χ2v) is 5.65. The lowest BCUT2D eigenvalue weighted by Crippen LogP contribution is -2.46. The van der Waals surface area contributed by atoms with Gasteiger partial charge in [0, 0.05) is 18.5 Å². The largest absolute Gasteiger partial charge is 0.342 e. The minimum absolute atomic E-state index is 0.240. The van der Waals surface area contributed by atoms with Crippen LogP contribution in [0.2, 0.25) is 0 Å². The summed E-state index contributed by atoms with van der Waals surface area (Å²) in [6.45, 7) is 6.83. The van der Waals surface area contributed by atoms with Gasteiger partial charge < -0.3 is 10.6 Å². The van der Waals surface area contributed by atoms with Gasteiger partial charge >= 0.3 is 0 Å². The van der Waals surface area contributed by atoms with Crippen molar-refractivity contribution in [3.05, 3.63) is 0 Å². The maximum Gasteiger partial charge on any atom is 0.228 e. The summed E-state index contributed by atoms with van der Waals surface area (Å²) in [4.78, 5) is 14.3. The van der Waals surface area contributed by atoms with Gasteiger partial charge in [-0.15, -0.1) is 0 Å². The molecule has 0 heterocycles. The fourth-order valence-electron chi connectivity index (χ4n) is 2.58. The molecule has 1 rings (SSSR count). The number of hydrogen-bond acceptors (Lipinski definition) is 2. The second-order valence-electron chi connectivity index (χ2n) is 5.65. The van der Waals surface area contributed by atoms with Gasteiger partial charge in [-0.25, -0.2) is 0 Å². The van der Waals surface area contributed by atoms with Crippen LogP contribution >= 0.6 is 0 Å². The van der Waals surface area contributed by atoms with Crippen LogP contribution in [0.1, 0.15) is 46.5 Å². The molecule has 0 aromatic heterocycles. The zero-order chi connectivity index (χ0) is 12.3. The highest BCUT2D eigenvalue weighted by Gasteiger charge is 2.36. The summed E-state index contributed by atoms with van der Waals surface area (Å²) in [5.74, 6) is 0.766. The summed E-state index contributed by atoms with van der Waals surface area (Å²) in [5.41, 5.74) is 5.53. The number of nitrogens with two attached hydrogens (primary N) is 1. The Hall–Kier alpha value is -0.570. The van der Waals surface area contributed by atoms with Crippen molar-refractivity contribution in [1.82, 2.24) is 4.90 Å². The Morgan fingerprint density at radius 3 is 2.56 bits per heavy atom. The first-order valence-electron chi connectivity index (χ1n) is 6.41. The quantitative estimate of drug-likeness (QED) is 0.797. The second kappa shape index (κ2) is 5.17. The van der Waals surface area contributed by atoms with Crippen LogP contribution in [-0.4, -0.2) is 30.4 Å². The number of hydrogen-bond donors (Lipinski definition) is 1. The summed E-state index contributed by atoms with van der Waals surface area (Å²) >= 11 is 0. The monoisotopic (exact) mass is 226 g/mol. The minimum atomic E-state index is -0.240. The maximum atomic E-state index is 12.3. The lowest BCUT2D eigenvalue weighted by atomic mass is 9.87. The van der Waals surface area contributed by atoms with Crippen LogP contribution in [0.4, 0.5) is 0 Å². The Bertz CT molecular complexity index is 250. The first kappa shape index (κ1) is 13.5. The van der Waals surface area contributed by atoms with Gasteiger partial charge in [-0.05, 0) is 31.7 Å². The molecule has 16 heavy (non-hydrogen) atoms. The molecule has 2 atom stereocenters. The number of carbonyl (C=O) groups is 1. The third-order valence-electron chi connectivity index (χ3n) is 4.20. The Balaban J connectivity index is 2.70. The van der Waals surface area contributed by atoms with E-state index in [0.29, 0.717) is 18.5 Å². The molecule has 1 fully saturated rings. The average molecular weight is 226 g/mol. The Morgan fingerprint density at radius 2 is 2.06 bits per heavy atom. The van der Waals surface area contributed by atoms with E-state index in [2.05, 4.69) is 6.92 Å². The molecule has 1 amide bonds. The Kier molecular flexibility index (Phi) is 4.36. The number of nitrogens with zero attached hydrogens (tertiary/aromatic N) is 1. The van der Waals surface area contributed by atoms with Crippen molar-refractivity contribution in [2.24, 2.45) is 17.1 Å². The van der Waals surface area contributed by atoms with Crippen molar-refractivity contribution in [2.45, 2.75) is 52.5 Å². The molecule has 1 aliphatic rings. The molecular weight excluding hydrogens is 200 g/mol. The molecule has 3 nitrogen and oxygen atoms in total. The van der Waals surface area contributed by atoms with Crippen LogP contribution in [0.15, 0.2) is 0 Å². The maximum absolute atomic E-state index is 12.3. The zero-order valence-corrected chi connectivity index (χ0v) is 11.1. The van der Waals surface area contributed by atoms with Gasteiger partial charge in [0.25, 0.3) is 0 Å². The first-order chi connectivity index (χ1) is 7.44. The van der Waals surface area contributed by atoms with Gasteiger partial charge in [0.2, 0.25) is 5.91 Å². The van der Waals surface area contributed by atoms with Gasteiger partial charge in [0.1, 0.15) is 0 Å². The van der Waals surface area contributed by atoms with E-state index in [-0.39, 0.29) is 11.3 Å². The topological polar surface area (TPSA) is 46.3 Å². The summed E-state index contributed by atoms with van der Waals surface area (Å²) in [6.07, 6.45) is 4.38. The van der Waals surface area contributed by atoms with Crippen LogP contribution in [0.5, 0.6) is 0 Å². The van der Waals surface area contributed by atoms with Crippen molar-refractivity contribution < 1.29 is 4.79 Å². The molecule has 0 aromatic carbocycles. The van der Waals surface area contributed by atoms with E-state index in [1.807, 2.05) is 25.8 Å². The lowest BCUT2D eigenvalue weighted by molar-refractivity contribution is -0.142. The number of amides is 1. The van der Waals surface area contributed by atoms with Gasteiger partial charge in [-0.2, -0.15) is 0 Å². The molecular formula is C13H26N2O. The van der Waals surface area contributed by atoms with Gasteiger partial charge in [0.15, 0.2) is 0 Å². The highest BCUT2D eigenvalue weighted by atomic mass is 16.2. The van der Waals surface area contributed by atoms with E-state index in [4.69, 9.17) is 5.73 Å². The minimum Gasteiger partial charge on any atom is -0.342 e. The standard InChI is InChI=1S/C13H26N2O/c1-5-13(2,3)12(16)15(4)11-8-6-7-10(11)9-14/h10-11H,5-9,14H2,1-4H3. The van der Waals surface area contributed by atoms with E-state index in [1.165, 1.54) is 12.8 Å². The first-order valence-corrected chi connectivity index (χ1v) is 6.41. The van der Waals surface area contributed by atoms with Crippen molar-refractivity contribution in [3.63, 3.8) is 0 Å². The molecule has 2 N–H and O–H groups in total. The highest BCUT2D eigenvalue weighted by Crippen LogP contribution is 2.32. The van der Waals surface area contributed by atoms with Crippen LogP contribution in [0, 0.1) is 11.3 Å². The number of carbonyl (C=O) groups excluding carboxylic acids is 1. The highest BCUT2D eigenvalue weighted by molar-refractivity contribution is 5.82. The van der Waals surface area contributed by atoms with Crippen molar-refractivity contribution in [3.8, 4) is 0 Å². The van der Waals surface area contributed by atoms with Crippen LogP contribution in [0.25, 0.3) is 0 Å². The third kappa shape index (κ3) is 2.57. The van der Waals surface area contributed by atoms with Gasteiger partial charge in [-0.1, -0.05) is 27.2 Å². The average Bonchev–Trinajstić information content (AvgIpc) is 2.74. The lowest BCUT2D eigenvalue weighted by Gasteiger charge is -2.35. The van der Waals surface area contributed by atoms with Crippen LogP contribution in [-0.2, 0) is 4.79 Å². The predicted octanol–water partition coefficient (Wildman–Crippen LogP) is 2.01. The molecule has 0 bridgehead atoms. The van der Waals surface area contributed by atoms with E-state index in [1.54, 1.807) is 0 Å². The molecule has 0 spiro atoms. The summed E-state index contributed by atoms with van der Waals surface area (Å²) < 4.78 is 0. The van der Waals surface area contributed by atoms with Gasteiger partial charge in [0.05, 0.1) is 0 Å². The van der Waals surface area contributed by atoms with E-state index < -0.39 is 0 Å². The SMILES string of the molecule is CCC(C)(C)C(=O)N(C)C1CCCC1CN. The molecule has 94 valence electrons. The Morgan fingerprint density at radius 1 is 1.44 bits per heavy atom. The Labute approximate surface area is 99.4 Å². The number of rotatable bonds is 4. The van der Waals surface area contributed by atoms with E-state index >= 15 is 0 Å². The predicted molar refractivity (Wildman–Crippen MR) is 67.0 cm³/mol. The molecule has 0 aromatic rings. The van der Waals surface area contributed by atoms with Gasteiger partial charge in [-0.3, -0.25) is 4.79 Å². The van der Waals surface area contributed by atoms with E-state index in [9.17, 15) is 4.79 Å². The normalized spacial score (nSPS) is 25.8. The fraction of sp³-hybridized carbons (Fsp3) is 0.923. The molecule has 0 radical (unpaired) electrons. The summed E-state index contributed by atoms with van der Waals surface area (Å²) in [7, 11) is 1.94.